The molecule has 0 aliphatic rings. The van der Waals surface area contributed by atoms with Crippen LogP contribution in [0.1, 0.15) is 22.5 Å². The maximum Gasteiger partial charge on any atom is 0.271 e. The van der Waals surface area contributed by atoms with Crippen molar-refractivity contribution in [2.45, 2.75) is 13.3 Å². The molecule has 0 bridgehead atoms. The molecule has 0 fully saturated rings. The molecule has 1 amide bonds. The van der Waals surface area contributed by atoms with Gasteiger partial charge < -0.3 is 15.4 Å². The quantitative estimate of drug-likeness (QED) is 0.765. The summed E-state index contributed by atoms with van der Waals surface area (Å²) in [4.78, 5) is 11.3. The van der Waals surface area contributed by atoms with Gasteiger partial charge in [0.2, 0.25) is 0 Å². The zero-order valence-electron chi connectivity index (χ0n) is 12.8. The van der Waals surface area contributed by atoms with E-state index >= 15 is 0 Å². The Balaban J connectivity index is 1.70. The Morgan fingerprint density at radius 2 is 2.00 bits per heavy atom. The van der Waals surface area contributed by atoms with Crippen LogP contribution in [-0.4, -0.2) is 36.3 Å². The van der Waals surface area contributed by atoms with Crippen molar-refractivity contribution in [2.75, 3.05) is 25.5 Å². The van der Waals surface area contributed by atoms with Crippen LogP contribution >= 0.6 is 0 Å². The molecule has 116 valence electrons. The first-order valence-corrected chi connectivity index (χ1v) is 7.19. The number of nitrogens with one attached hydrogen (secondary N) is 2. The van der Waals surface area contributed by atoms with E-state index in [2.05, 4.69) is 20.8 Å². The molecular weight excluding hydrogens is 280 g/mol. The highest BCUT2D eigenvalue weighted by Gasteiger charge is 2.05. The van der Waals surface area contributed by atoms with Crippen molar-refractivity contribution in [1.82, 2.24) is 15.5 Å². The van der Waals surface area contributed by atoms with Crippen molar-refractivity contribution < 1.29 is 9.53 Å². The molecule has 1 heterocycles. The lowest BCUT2D eigenvalue weighted by molar-refractivity contribution is 0.0957. The number of aromatic nitrogens is 2. The normalized spacial score (nSPS) is 10.1. The third-order valence-electron chi connectivity index (χ3n) is 3.10. The van der Waals surface area contributed by atoms with Crippen molar-refractivity contribution in [3.63, 3.8) is 0 Å². The van der Waals surface area contributed by atoms with E-state index in [0.717, 1.165) is 24.3 Å². The Morgan fingerprint density at radius 1 is 1.18 bits per heavy atom. The van der Waals surface area contributed by atoms with Crippen molar-refractivity contribution in [3.05, 3.63) is 47.7 Å². The second-order valence-electron chi connectivity index (χ2n) is 4.78. The minimum atomic E-state index is -0.245. The largest absolute Gasteiger partial charge is 0.493 e. The van der Waals surface area contributed by atoms with Crippen LogP contribution in [0.2, 0.25) is 0 Å². The van der Waals surface area contributed by atoms with Crippen LogP contribution in [0.4, 0.5) is 5.82 Å². The van der Waals surface area contributed by atoms with Gasteiger partial charge in [-0.3, -0.25) is 4.79 Å². The number of anilines is 1. The molecule has 6 nitrogen and oxygen atoms in total. The number of nitrogens with zero attached hydrogens (tertiary/aromatic N) is 2. The molecule has 1 aromatic carbocycles. The fourth-order valence-corrected chi connectivity index (χ4v) is 1.86. The predicted molar refractivity (Wildman–Crippen MR) is 85.2 cm³/mol. The van der Waals surface area contributed by atoms with Crippen LogP contribution in [-0.2, 0) is 0 Å². The number of carbonyl (C=O) groups is 1. The van der Waals surface area contributed by atoms with Gasteiger partial charge in [0.25, 0.3) is 5.91 Å². The topological polar surface area (TPSA) is 76.1 Å². The Morgan fingerprint density at radius 3 is 2.68 bits per heavy atom. The number of aryl methyl sites for hydroxylation is 1. The molecule has 2 N–H and O–H groups in total. The average Bonchev–Trinajstić information content (AvgIpc) is 2.56. The van der Waals surface area contributed by atoms with Crippen molar-refractivity contribution >= 4 is 11.7 Å². The molecule has 2 aromatic rings. The van der Waals surface area contributed by atoms with E-state index in [1.165, 1.54) is 0 Å². The van der Waals surface area contributed by atoms with Gasteiger partial charge in [-0.15, -0.1) is 10.2 Å². The maximum absolute atomic E-state index is 11.3. The number of ether oxygens (including phenoxy) is 1. The molecule has 0 saturated heterocycles. The Bertz CT molecular complexity index is 614. The molecule has 0 aliphatic carbocycles. The van der Waals surface area contributed by atoms with E-state index in [1.807, 2.05) is 31.2 Å². The zero-order chi connectivity index (χ0) is 15.8. The van der Waals surface area contributed by atoms with Gasteiger partial charge in [-0.1, -0.05) is 18.2 Å². The molecule has 0 atom stereocenters. The molecule has 0 unspecified atom stereocenters. The van der Waals surface area contributed by atoms with Crippen LogP contribution < -0.4 is 15.4 Å². The van der Waals surface area contributed by atoms with Crippen LogP contribution in [0, 0.1) is 6.92 Å². The van der Waals surface area contributed by atoms with Crippen LogP contribution in [0.25, 0.3) is 0 Å². The van der Waals surface area contributed by atoms with Crippen LogP contribution in [0.3, 0.4) is 0 Å². The second kappa shape index (κ2) is 7.97. The van der Waals surface area contributed by atoms with E-state index in [4.69, 9.17) is 4.74 Å². The van der Waals surface area contributed by atoms with Gasteiger partial charge in [0.05, 0.1) is 6.61 Å². The van der Waals surface area contributed by atoms with Gasteiger partial charge in [-0.2, -0.15) is 0 Å². The Hall–Kier alpha value is -2.63. The molecule has 1 aromatic heterocycles. The minimum absolute atomic E-state index is 0.245. The molecule has 0 spiro atoms. The minimum Gasteiger partial charge on any atom is -0.493 e. The lowest BCUT2D eigenvalue weighted by Gasteiger charge is -2.09. The standard InChI is InChI=1S/C16H20N4O2/c1-12-6-3-4-7-14(12)22-11-5-10-18-15-9-8-13(19-20-15)16(21)17-2/h3-4,6-9H,5,10-11H2,1-2H3,(H,17,21)(H,18,20). The summed E-state index contributed by atoms with van der Waals surface area (Å²) in [5.41, 5.74) is 1.43. The highest BCUT2D eigenvalue weighted by molar-refractivity contribution is 5.91. The van der Waals surface area contributed by atoms with Gasteiger partial charge in [0.15, 0.2) is 5.69 Å². The molecule has 22 heavy (non-hydrogen) atoms. The molecule has 0 radical (unpaired) electrons. The van der Waals surface area contributed by atoms with Crippen LogP contribution in [0.5, 0.6) is 5.75 Å². The fourth-order valence-electron chi connectivity index (χ4n) is 1.86. The molecule has 2 rings (SSSR count). The Labute approximate surface area is 129 Å². The number of amides is 1. The van der Waals surface area contributed by atoms with E-state index in [0.29, 0.717) is 18.1 Å². The molecule has 6 heteroatoms. The smallest absolute Gasteiger partial charge is 0.271 e. The van der Waals surface area contributed by atoms with Gasteiger partial charge in [-0.05, 0) is 37.1 Å². The third kappa shape index (κ3) is 4.44. The number of hydrogen-bond acceptors (Lipinski definition) is 5. The maximum atomic E-state index is 11.3. The summed E-state index contributed by atoms with van der Waals surface area (Å²) in [5, 5.41) is 13.5. The number of hydrogen-bond donors (Lipinski definition) is 2. The summed E-state index contributed by atoms with van der Waals surface area (Å²) in [5.74, 6) is 1.31. The van der Waals surface area contributed by atoms with E-state index in [9.17, 15) is 4.79 Å². The van der Waals surface area contributed by atoms with Gasteiger partial charge in [0.1, 0.15) is 11.6 Å². The fraction of sp³-hybridized carbons (Fsp3) is 0.312. The second-order valence-corrected chi connectivity index (χ2v) is 4.78. The number of benzene rings is 1. The van der Waals surface area contributed by atoms with E-state index in [-0.39, 0.29) is 5.91 Å². The first-order chi connectivity index (χ1) is 10.7. The third-order valence-corrected chi connectivity index (χ3v) is 3.10. The van der Waals surface area contributed by atoms with Crippen molar-refractivity contribution in [3.8, 4) is 5.75 Å². The van der Waals surface area contributed by atoms with Crippen molar-refractivity contribution in [2.24, 2.45) is 0 Å². The molecular formula is C16H20N4O2. The first-order valence-electron chi connectivity index (χ1n) is 7.19. The molecule has 0 aliphatic heterocycles. The highest BCUT2D eigenvalue weighted by Crippen LogP contribution is 2.16. The van der Waals surface area contributed by atoms with Gasteiger partial charge in [-0.25, -0.2) is 0 Å². The first kappa shape index (κ1) is 15.8. The van der Waals surface area contributed by atoms with E-state index in [1.54, 1.807) is 19.2 Å². The summed E-state index contributed by atoms with van der Waals surface area (Å²) in [6.45, 7) is 3.37. The summed E-state index contributed by atoms with van der Waals surface area (Å²) in [7, 11) is 1.56. The van der Waals surface area contributed by atoms with Gasteiger partial charge in [0, 0.05) is 13.6 Å². The zero-order valence-corrected chi connectivity index (χ0v) is 12.8. The number of rotatable bonds is 7. The monoisotopic (exact) mass is 300 g/mol. The van der Waals surface area contributed by atoms with Crippen LogP contribution in [0.15, 0.2) is 36.4 Å². The SMILES string of the molecule is CNC(=O)c1ccc(NCCCOc2ccccc2C)nn1. The average molecular weight is 300 g/mol. The summed E-state index contributed by atoms with van der Waals surface area (Å²) >= 11 is 0. The van der Waals surface area contributed by atoms with Crippen molar-refractivity contribution in [1.29, 1.82) is 0 Å². The lowest BCUT2D eigenvalue weighted by Crippen LogP contribution is -2.20. The highest BCUT2D eigenvalue weighted by atomic mass is 16.5. The summed E-state index contributed by atoms with van der Waals surface area (Å²) in [6.07, 6.45) is 0.840. The van der Waals surface area contributed by atoms with E-state index < -0.39 is 0 Å². The summed E-state index contributed by atoms with van der Waals surface area (Å²) < 4.78 is 5.71. The van der Waals surface area contributed by atoms with Gasteiger partial charge >= 0.3 is 0 Å². The Kier molecular flexibility index (Phi) is 5.71. The lowest BCUT2D eigenvalue weighted by atomic mass is 10.2. The summed E-state index contributed by atoms with van der Waals surface area (Å²) in [6, 6.07) is 11.3. The number of para-hydroxylation sites is 1. The number of carbonyl (C=O) groups excluding carboxylic acids is 1. The molecule has 0 saturated carbocycles. The predicted octanol–water partition coefficient (Wildman–Crippen LogP) is 2.03.